The first-order chi connectivity index (χ1) is 10.6. The Morgan fingerprint density at radius 3 is 2.41 bits per heavy atom. The Morgan fingerprint density at radius 1 is 1.14 bits per heavy atom. The maximum Gasteiger partial charge on any atom is 0.226 e. The first-order valence-corrected chi connectivity index (χ1v) is 8.44. The number of piperidine rings is 1. The van der Waals surface area contributed by atoms with Gasteiger partial charge in [0.25, 0.3) is 0 Å². The van der Waals surface area contributed by atoms with Crippen LogP contribution in [0.3, 0.4) is 0 Å². The van der Waals surface area contributed by atoms with Gasteiger partial charge in [-0.15, -0.1) is 0 Å². The fourth-order valence-electron chi connectivity index (χ4n) is 3.50. The van der Waals surface area contributed by atoms with Gasteiger partial charge in [-0.3, -0.25) is 9.59 Å². The fourth-order valence-corrected chi connectivity index (χ4v) is 3.50. The highest BCUT2D eigenvalue weighted by Crippen LogP contribution is 2.32. The van der Waals surface area contributed by atoms with Crippen molar-refractivity contribution in [2.45, 2.75) is 44.6 Å². The van der Waals surface area contributed by atoms with Gasteiger partial charge in [-0.2, -0.15) is 0 Å². The van der Waals surface area contributed by atoms with Gasteiger partial charge < -0.3 is 20.7 Å². The number of nitrogens with zero attached hydrogens (tertiary/aromatic N) is 1. The Hall–Kier alpha value is -1.14. The fraction of sp³-hybridized carbons (Fsp3) is 0.875. The third-order valence-electron chi connectivity index (χ3n) is 4.88. The van der Waals surface area contributed by atoms with Crippen molar-refractivity contribution in [3.05, 3.63) is 0 Å². The molecule has 6 nitrogen and oxygen atoms in total. The molecule has 2 amide bonds. The van der Waals surface area contributed by atoms with E-state index in [1.807, 2.05) is 4.90 Å². The molecule has 0 spiro atoms. The summed E-state index contributed by atoms with van der Waals surface area (Å²) in [7, 11) is 1.61. The molecule has 2 atom stereocenters. The monoisotopic (exact) mass is 311 g/mol. The molecule has 6 heteroatoms. The third-order valence-corrected chi connectivity index (χ3v) is 4.88. The van der Waals surface area contributed by atoms with Crippen LogP contribution in [0.4, 0.5) is 0 Å². The zero-order valence-corrected chi connectivity index (χ0v) is 13.6. The molecule has 0 aromatic rings. The van der Waals surface area contributed by atoms with Gasteiger partial charge in [0.2, 0.25) is 11.8 Å². The predicted molar refractivity (Wildman–Crippen MR) is 84.1 cm³/mol. The van der Waals surface area contributed by atoms with Crippen LogP contribution in [0.1, 0.15) is 38.5 Å². The molecule has 0 aromatic heterocycles. The minimum absolute atomic E-state index is 0.00353. The second kappa shape index (κ2) is 8.48. The average molecular weight is 311 g/mol. The second-order valence-corrected chi connectivity index (χ2v) is 6.44. The molecule has 1 aliphatic carbocycles. The summed E-state index contributed by atoms with van der Waals surface area (Å²) in [5, 5.41) is 2.89. The van der Waals surface area contributed by atoms with E-state index >= 15 is 0 Å². The number of hydrogen-bond acceptors (Lipinski definition) is 4. The van der Waals surface area contributed by atoms with Crippen LogP contribution in [-0.2, 0) is 14.3 Å². The lowest BCUT2D eigenvalue weighted by Crippen LogP contribution is -2.49. The molecule has 2 unspecified atom stereocenters. The smallest absolute Gasteiger partial charge is 0.226 e. The summed E-state index contributed by atoms with van der Waals surface area (Å²) in [4.78, 5) is 27.1. The van der Waals surface area contributed by atoms with Crippen molar-refractivity contribution in [3.63, 3.8) is 0 Å². The van der Waals surface area contributed by atoms with E-state index < -0.39 is 0 Å². The molecule has 2 aliphatic rings. The SMILES string of the molecule is COCCNC(=O)C1CCCCC1C(=O)N1CCC(N)CC1. The molecule has 2 rings (SSSR count). The molecule has 1 saturated carbocycles. The minimum atomic E-state index is -0.186. The standard InChI is InChI=1S/C16H29N3O3/c1-22-11-8-18-15(20)13-4-2-3-5-14(13)16(21)19-9-6-12(17)7-10-19/h12-14H,2-11,17H2,1H3,(H,18,20). The molecule has 126 valence electrons. The van der Waals surface area contributed by atoms with Crippen LogP contribution in [0.25, 0.3) is 0 Å². The van der Waals surface area contributed by atoms with E-state index in [4.69, 9.17) is 10.5 Å². The zero-order valence-electron chi connectivity index (χ0n) is 13.6. The summed E-state index contributed by atoms with van der Waals surface area (Å²) >= 11 is 0. The lowest BCUT2D eigenvalue weighted by atomic mass is 9.77. The molecular formula is C16H29N3O3. The Labute approximate surface area is 132 Å². The van der Waals surface area contributed by atoms with Gasteiger partial charge in [0.1, 0.15) is 0 Å². The van der Waals surface area contributed by atoms with E-state index in [1.165, 1.54) is 0 Å². The molecule has 0 aromatic carbocycles. The number of carbonyl (C=O) groups is 2. The largest absolute Gasteiger partial charge is 0.383 e. The molecule has 22 heavy (non-hydrogen) atoms. The van der Waals surface area contributed by atoms with Crippen LogP contribution in [0, 0.1) is 11.8 Å². The van der Waals surface area contributed by atoms with Crippen LogP contribution in [0.5, 0.6) is 0 Å². The minimum Gasteiger partial charge on any atom is -0.383 e. The molecular weight excluding hydrogens is 282 g/mol. The number of hydrogen-bond donors (Lipinski definition) is 2. The van der Waals surface area contributed by atoms with Crippen LogP contribution < -0.4 is 11.1 Å². The maximum atomic E-state index is 12.8. The Balaban J connectivity index is 1.93. The van der Waals surface area contributed by atoms with Gasteiger partial charge >= 0.3 is 0 Å². The first-order valence-electron chi connectivity index (χ1n) is 8.44. The number of amides is 2. The number of ether oxygens (including phenoxy) is 1. The summed E-state index contributed by atoms with van der Waals surface area (Å²) in [6, 6.07) is 0.212. The van der Waals surface area contributed by atoms with Crippen molar-refractivity contribution >= 4 is 11.8 Å². The van der Waals surface area contributed by atoms with Crippen molar-refractivity contribution in [3.8, 4) is 0 Å². The topological polar surface area (TPSA) is 84.7 Å². The summed E-state index contributed by atoms with van der Waals surface area (Å²) in [6.45, 7) is 2.47. The Bertz CT molecular complexity index is 381. The molecule has 3 N–H and O–H groups in total. The van der Waals surface area contributed by atoms with Crippen LogP contribution in [-0.4, -0.2) is 56.1 Å². The van der Waals surface area contributed by atoms with Gasteiger partial charge in [0, 0.05) is 44.6 Å². The van der Waals surface area contributed by atoms with Crippen molar-refractivity contribution in [2.75, 3.05) is 33.4 Å². The van der Waals surface area contributed by atoms with Gasteiger partial charge in [-0.05, 0) is 25.7 Å². The normalized spacial score (nSPS) is 26.7. The number of nitrogens with two attached hydrogens (primary N) is 1. The van der Waals surface area contributed by atoms with Gasteiger partial charge in [0.05, 0.1) is 6.61 Å². The van der Waals surface area contributed by atoms with Gasteiger partial charge in [-0.25, -0.2) is 0 Å². The lowest BCUT2D eigenvalue weighted by Gasteiger charge is -2.37. The summed E-state index contributed by atoms with van der Waals surface area (Å²) < 4.78 is 4.96. The van der Waals surface area contributed by atoms with Gasteiger partial charge in [-0.1, -0.05) is 12.8 Å². The van der Waals surface area contributed by atoms with Crippen molar-refractivity contribution in [1.82, 2.24) is 10.2 Å². The van der Waals surface area contributed by atoms with E-state index in [0.717, 1.165) is 51.6 Å². The average Bonchev–Trinajstić information content (AvgIpc) is 2.55. The van der Waals surface area contributed by atoms with Crippen molar-refractivity contribution in [2.24, 2.45) is 17.6 Å². The highest BCUT2D eigenvalue weighted by atomic mass is 16.5. The maximum absolute atomic E-state index is 12.8. The highest BCUT2D eigenvalue weighted by Gasteiger charge is 2.38. The second-order valence-electron chi connectivity index (χ2n) is 6.44. The predicted octanol–water partition coefficient (Wildman–Crippen LogP) is 0.505. The van der Waals surface area contributed by atoms with Crippen molar-refractivity contribution in [1.29, 1.82) is 0 Å². The van der Waals surface area contributed by atoms with E-state index in [9.17, 15) is 9.59 Å². The summed E-state index contributed by atoms with van der Waals surface area (Å²) in [5.41, 5.74) is 5.91. The molecule has 2 fully saturated rings. The van der Waals surface area contributed by atoms with Crippen molar-refractivity contribution < 1.29 is 14.3 Å². The van der Waals surface area contributed by atoms with E-state index in [0.29, 0.717) is 13.2 Å². The zero-order chi connectivity index (χ0) is 15.9. The molecule has 1 heterocycles. The first kappa shape index (κ1) is 17.2. The summed E-state index contributed by atoms with van der Waals surface area (Å²) in [5.74, 6) is -0.193. The van der Waals surface area contributed by atoms with Crippen LogP contribution in [0.2, 0.25) is 0 Å². The van der Waals surface area contributed by atoms with E-state index in [1.54, 1.807) is 7.11 Å². The molecule has 1 saturated heterocycles. The quantitative estimate of drug-likeness (QED) is 0.724. The number of carbonyl (C=O) groups excluding carboxylic acids is 2. The van der Waals surface area contributed by atoms with Crippen LogP contribution in [0.15, 0.2) is 0 Å². The number of likely N-dealkylation sites (tertiary alicyclic amines) is 1. The Morgan fingerprint density at radius 2 is 1.77 bits per heavy atom. The third kappa shape index (κ3) is 4.43. The Kier molecular flexibility index (Phi) is 6.64. The number of methoxy groups -OCH3 is 1. The van der Waals surface area contributed by atoms with Gasteiger partial charge in [0.15, 0.2) is 0 Å². The van der Waals surface area contributed by atoms with E-state index in [-0.39, 0.29) is 29.7 Å². The van der Waals surface area contributed by atoms with Crippen LogP contribution >= 0.6 is 0 Å². The molecule has 1 aliphatic heterocycles. The lowest BCUT2D eigenvalue weighted by molar-refractivity contribution is -0.144. The van der Waals surface area contributed by atoms with E-state index in [2.05, 4.69) is 5.32 Å². The molecule has 0 bridgehead atoms. The molecule has 0 radical (unpaired) electrons. The number of rotatable bonds is 5. The number of nitrogens with one attached hydrogen (secondary N) is 1. The highest BCUT2D eigenvalue weighted by molar-refractivity contribution is 5.88. The summed E-state index contributed by atoms with van der Waals surface area (Å²) in [6.07, 6.45) is 5.42.